The largest absolute Gasteiger partial charge is 0.380 e. The summed E-state index contributed by atoms with van der Waals surface area (Å²) in [6.45, 7) is 0. The Bertz CT molecular complexity index is 582. The molecule has 0 saturated heterocycles. The van der Waals surface area contributed by atoms with Gasteiger partial charge in [-0.05, 0) is 11.1 Å². The van der Waals surface area contributed by atoms with Gasteiger partial charge in [0, 0.05) is 12.0 Å². The number of halogens is 2. The van der Waals surface area contributed by atoms with E-state index in [2.05, 4.69) is 0 Å². The van der Waals surface area contributed by atoms with Crippen molar-refractivity contribution in [3.8, 4) is 0 Å². The van der Waals surface area contributed by atoms with Crippen molar-refractivity contribution in [2.75, 3.05) is 0 Å². The molecule has 0 saturated carbocycles. The average molecular weight is 276 g/mol. The fourth-order valence-electron chi connectivity index (χ4n) is 2.05. The van der Waals surface area contributed by atoms with Crippen LogP contribution in [0.2, 0.25) is 0 Å². The zero-order valence-electron chi connectivity index (χ0n) is 10.7. The molecule has 1 N–H and O–H groups in total. The van der Waals surface area contributed by atoms with Crippen molar-refractivity contribution >= 4 is 5.78 Å². The van der Waals surface area contributed by atoms with Crippen LogP contribution in [0, 0.1) is 0 Å². The number of ketones is 1. The molecule has 0 heterocycles. The molecule has 0 fully saturated rings. The number of carbonyl (C=O) groups is 1. The minimum absolute atomic E-state index is 0.238. The number of alkyl halides is 2. The molecule has 0 aliphatic heterocycles. The van der Waals surface area contributed by atoms with Crippen LogP contribution in [0.15, 0.2) is 54.6 Å². The molecule has 0 amide bonds. The van der Waals surface area contributed by atoms with Gasteiger partial charge < -0.3 is 5.11 Å². The number of hydrogen-bond acceptors (Lipinski definition) is 2. The van der Waals surface area contributed by atoms with Gasteiger partial charge >= 0.3 is 0 Å². The lowest BCUT2D eigenvalue weighted by atomic mass is 9.94. The van der Waals surface area contributed by atoms with E-state index >= 15 is 0 Å². The maximum absolute atomic E-state index is 12.5. The number of aliphatic hydroxyl groups excluding tert-OH is 1. The summed E-state index contributed by atoms with van der Waals surface area (Å²) in [5.41, 5.74) is 0.882. The SMILES string of the molecule is O=C(c1ccccc1)C(O)c1ccccc1CC(F)F. The molecule has 1 atom stereocenters. The fourth-order valence-corrected chi connectivity index (χ4v) is 2.05. The average Bonchev–Trinajstić information content (AvgIpc) is 2.46. The summed E-state index contributed by atoms with van der Waals surface area (Å²) in [6.07, 6.45) is -4.42. The van der Waals surface area contributed by atoms with Crippen LogP contribution in [0.25, 0.3) is 0 Å². The third kappa shape index (κ3) is 3.27. The van der Waals surface area contributed by atoms with Crippen molar-refractivity contribution in [1.82, 2.24) is 0 Å². The minimum Gasteiger partial charge on any atom is -0.380 e. The molecule has 4 heteroatoms. The highest BCUT2D eigenvalue weighted by molar-refractivity contribution is 6.00. The number of carbonyl (C=O) groups excluding carboxylic acids is 1. The van der Waals surface area contributed by atoms with Crippen LogP contribution in [0.1, 0.15) is 27.6 Å². The van der Waals surface area contributed by atoms with Gasteiger partial charge in [-0.15, -0.1) is 0 Å². The van der Waals surface area contributed by atoms with Gasteiger partial charge in [0.1, 0.15) is 6.10 Å². The van der Waals surface area contributed by atoms with Crippen LogP contribution in [0.4, 0.5) is 8.78 Å². The first-order valence-corrected chi connectivity index (χ1v) is 6.23. The van der Waals surface area contributed by atoms with Crippen molar-refractivity contribution in [3.05, 3.63) is 71.3 Å². The zero-order valence-corrected chi connectivity index (χ0v) is 10.7. The van der Waals surface area contributed by atoms with E-state index in [1.165, 1.54) is 12.1 Å². The van der Waals surface area contributed by atoms with Crippen LogP contribution < -0.4 is 0 Å². The topological polar surface area (TPSA) is 37.3 Å². The molecular formula is C16H14F2O2. The Hall–Kier alpha value is -2.07. The second kappa shape index (κ2) is 6.39. The summed E-state index contributed by atoms with van der Waals surface area (Å²) >= 11 is 0. The van der Waals surface area contributed by atoms with E-state index in [-0.39, 0.29) is 5.56 Å². The van der Waals surface area contributed by atoms with Gasteiger partial charge in [0.2, 0.25) is 6.43 Å². The Labute approximate surface area is 115 Å². The van der Waals surface area contributed by atoms with Crippen molar-refractivity contribution in [2.45, 2.75) is 19.0 Å². The Kier molecular flexibility index (Phi) is 4.58. The lowest BCUT2D eigenvalue weighted by Gasteiger charge is -2.14. The second-order valence-corrected chi connectivity index (χ2v) is 4.43. The van der Waals surface area contributed by atoms with Crippen LogP contribution in [0.3, 0.4) is 0 Å². The maximum atomic E-state index is 12.5. The monoisotopic (exact) mass is 276 g/mol. The quantitative estimate of drug-likeness (QED) is 0.850. The zero-order chi connectivity index (χ0) is 14.5. The van der Waals surface area contributed by atoms with Gasteiger partial charge in [-0.3, -0.25) is 4.79 Å². The molecular weight excluding hydrogens is 262 g/mol. The Morgan fingerprint density at radius 3 is 2.25 bits per heavy atom. The highest BCUT2D eigenvalue weighted by atomic mass is 19.3. The molecule has 0 spiro atoms. The van der Waals surface area contributed by atoms with Crippen molar-refractivity contribution in [3.63, 3.8) is 0 Å². The third-order valence-corrected chi connectivity index (χ3v) is 3.03. The van der Waals surface area contributed by atoms with Gasteiger partial charge in [-0.2, -0.15) is 0 Å². The fraction of sp³-hybridized carbons (Fsp3) is 0.188. The first-order chi connectivity index (χ1) is 9.59. The Balaban J connectivity index is 2.29. The Morgan fingerprint density at radius 1 is 1.00 bits per heavy atom. The summed E-state index contributed by atoms with van der Waals surface area (Å²) in [7, 11) is 0. The van der Waals surface area contributed by atoms with Crippen molar-refractivity contribution < 1.29 is 18.7 Å². The minimum atomic E-state index is -2.52. The van der Waals surface area contributed by atoms with E-state index in [9.17, 15) is 18.7 Å². The smallest absolute Gasteiger partial charge is 0.242 e. The molecule has 104 valence electrons. The van der Waals surface area contributed by atoms with E-state index in [1.54, 1.807) is 42.5 Å². The molecule has 1 unspecified atom stereocenters. The standard InChI is InChI=1S/C16H14F2O2/c17-14(18)10-12-8-4-5-9-13(12)16(20)15(19)11-6-2-1-3-7-11/h1-9,14,16,20H,10H2. The highest BCUT2D eigenvalue weighted by Crippen LogP contribution is 2.23. The molecule has 2 rings (SSSR count). The Morgan fingerprint density at radius 2 is 1.60 bits per heavy atom. The van der Waals surface area contributed by atoms with Gasteiger partial charge in [-0.1, -0.05) is 54.6 Å². The van der Waals surface area contributed by atoms with Gasteiger partial charge in [0.05, 0.1) is 0 Å². The first kappa shape index (κ1) is 14.3. The van der Waals surface area contributed by atoms with E-state index in [0.29, 0.717) is 11.1 Å². The summed E-state index contributed by atoms with van der Waals surface area (Å²) < 4.78 is 25.0. The van der Waals surface area contributed by atoms with Crippen molar-refractivity contribution in [2.24, 2.45) is 0 Å². The molecule has 20 heavy (non-hydrogen) atoms. The molecule has 2 nitrogen and oxygen atoms in total. The van der Waals surface area contributed by atoms with E-state index < -0.39 is 24.7 Å². The maximum Gasteiger partial charge on any atom is 0.242 e. The van der Waals surface area contributed by atoms with E-state index in [1.807, 2.05) is 0 Å². The molecule has 0 aliphatic rings. The van der Waals surface area contributed by atoms with Crippen molar-refractivity contribution in [1.29, 1.82) is 0 Å². The predicted octanol–water partition coefficient (Wildman–Crippen LogP) is 3.41. The molecule has 0 aliphatic carbocycles. The number of rotatable bonds is 5. The van der Waals surface area contributed by atoms with Gasteiger partial charge in [0.15, 0.2) is 5.78 Å². The lowest BCUT2D eigenvalue weighted by molar-refractivity contribution is 0.0742. The van der Waals surface area contributed by atoms with E-state index in [0.717, 1.165) is 0 Å². The highest BCUT2D eigenvalue weighted by Gasteiger charge is 2.22. The number of aliphatic hydroxyl groups is 1. The number of Topliss-reactive ketones (excluding diaryl/α,β-unsaturated/α-hetero) is 1. The molecule has 2 aromatic rings. The molecule has 0 bridgehead atoms. The normalized spacial score (nSPS) is 12.4. The second-order valence-electron chi connectivity index (χ2n) is 4.43. The lowest BCUT2D eigenvalue weighted by Crippen LogP contribution is -2.15. The summed E-state index contributed by atoms with van der Waals surface area (Å²) in [4.78, 5) is 12.1. The van der Waals surface area contributed by atoms with Crippen LogP contribution >= 0.6 is 0 Å². The first-order valence-electron chi connectivity index (χ1n) is 6.23. The van der Waals surface area contributed by atoms with Crippen LogP contribution in [0.5, 0.6) is 0 Å². The number of benzene rings is 2. The molecule has 0 aromatic heterocycles. The van der Waals surface area contributed by atoms with Gasteiger partial charge in [-0.25, -0.2) is 8.78 Å². The predicted molar refractivity (Wildman–Crippen MR) is 71.9 cm³/mol. The molecule has 0 radical (unpaired) electrons. The van der Waals surface area contributed by atoms with Crippen LogP contribution in [-0.4, -0.2) is 17.3 Å². The summed E-state index contributed by atoms with van der Waals surface area (Å²) in [6, 6.07) is 14.5. The third-order valence-electron chi connectivity index (χ3n) is 3.03. The van der Waals surface area contributed by atoms with Crippen LogP contribution in [-0.2, 0) is 6.42 Å². The summed E-state index contributed by atoms with van der Waals surface area (Å²) in [5.74, 6) is -0.493. The van der Waals surface area contributed by atoms with Gasteiger partial charge in [0.25, 0.3) is 0 Å². The van der Waals surface area contributed by atoms with E-state index in [4.69, 9.17) is 0 Å². The molecule has 2 aromatic carbocycles. The number of hydrogen-bond donors (Lipinski definition) is 1. The summed E-state index contributed by atoms with van der Waals surface area (Å²) in [5, 5.41) is 10.1.